The average molecular weight is 421 g/mol. The van der Waals surface area contributed by atoms with E-state index in [0.717, 1.165) is 42.1 Å². The van der Waals surface area contributed by atoms with E-state index in [1.54, 1.807) is 10.9 Å². The van der Waals surface area contributed by atoms with Crippen LogP contribution in [0.4, 0.5) is 5.82 Å². The highest BCUT2D eigenvalue weighted by Gasteiger charge is 2.23. The fraction of sp³-hybridized carbons (Fsp3) is 0.273. The molecule has 3 heterocycles. The molecule has 4 aromatic rings. The lowest BCUT2D eigenvalue weighted by molar-refractivity contribution is 0.202. The van der Waals surface area contributed by atoms with Gasteiger partial charge in [-0.1, -0.05) is 17.7 Å². The number of benzene rings is 1. The summed E-state index contributed by atoms with van der Waals surface area (Å²) in [4.78, 5) is 13.8. The summed E-state index contributed by atoms with van der Waals surface area (Å²) >= 11 is 6.54. The highest BCUT2D eigenvalue weighted by molar-refractivity contribution is 6.35. The van der Waals surface area contributed by atoms with Gasteiger partial charge in [0.05, 0.1) is 10.5 Å². The van der Waals surface area contributed by atoms with Gasteiger partial charge in [0, 0.05) is 30.4 Å². The highest BCUT2D eigenvalue weighted by Crippen LogP contribution is 2.36. The molecule has 0 unspecified atom stereocenters. The van der Waals surface area contributed by atoms with Crippen LogP contribution in [0.25, 0.3) is 33.5 Å². The molecule has 0 amide bonds. The number of aromatic nitrogens is 5. The summed E-state index contributed by atoms with van der Waals surface area (Å²) in [7, 11) is 1.86. The van der Waals surface area contributed by atoms with Gasteiger partial charge in [0.1, 0.15) is 23.2 Å². The molecule has 0 bridgehead atoms. The SMILES string of the molecule is Cn1ccc(-c2nc(N)c(OC3CCCC3)nc2-c2cc(Cl)c3ncccc3c2)n1. The van der Waals surface area contributed by atoms with Crippen molar-refractivity contribution < 1.29 is 4.74 Å². The zero-order chi connectivity index (χ0) is 20.7. The molecule has 152 valence electrons. The molecule has 1 fully saturated rings. The number of anilines is 1. The summed E-state index contributed by atoms with van der Waals surface area (Å²) in [6.45, 7) is 0. The van der Waals surface area contributed by atoms with E-state index in [9.17, 15) is 0 Å². The molecule has 0 spiro atoms. The van der Waals surface area contributed by atoms with E-state index < -0.39 is 0 Å². The molecule has 30 heavy (non-hydrogen) atoms. The van der Waals surface area contributed by atoms with Crippen molar-refractivity contribution >= 4 is 28.3 Å². The molecule has 0 radical (unpaired) electrons. The first-order valence-electron chi connectivity index (χ1n) is 9.97. The summed E-state index contributed by atoms with van der Waals surface area (Å²) < 4.78 is 7.83. The molecular formula is C22H21ClN6O. The minimum absolute atomic E-state index is 0.125. The smallest absolute Gasteiger partial charge is 0.258 e. The van der Waals surface area contributed by atoms with Gasteiger partial charge in [-0.2, -0.15) is 5.10 Å². The normalized spacial score (nSPS) is 14.5. The molecule has 8 heteroatoms. The van der Waals surface area contributed by atoms with E-state index in [-0.39, 0.29) is 11.9 Å². The van der Waals surface area contributed by atoms with Crippen LogP contribution in [0.5, 0.6) is 5.88 Å². The van der Waals surface area contributed by atoms with E-state index in [1.807, 2.05) is 43.6 Å². The van der Waals surface area contributed by atoms with Crippen molar-refractivity contribution in [2.45, 2.75) is 31.8 Å². The summed E-state index contributed by atoms with van der Waals surface area (Å²) in [5.41, 5.74) is 9.69. The average Bonchev–Trinajstić information content (AvgIpc) is 3.41. The number of aryl methyl sites for hydroxylation is 1. The molecule has 5 rings (SSSR count). The number of ether oxygens (including phenoxy) is 1. The Hall–Kier alpha value is -3.19. The molecule has 1 aliphatic carbocycles. The van der Waals surface area contributed by atoms with E-state index in [4.69, 9.17) is 27.1 Å². The molecule has 1 saturated carbocycles. The minimum Gasteiger partial charge on any atom is -0.472 e. The predicted octanol–water partition coefficient (Wildman–Crippen LogP) is 4.65. The second-order valence-corrected chi connectivity index (χ2v) is 7.95. The molecule has 1 aromatic carbocycles. The van der Waals surface area contributed by atoms with Gasteiger partial charge in [0.2, 0.25) is 0 Å². The first-order chi connectivity index (χ1) is 14.6. The van der Waals surface area contributed by atoms with E-state index >= 15 is 0 Å². The second-order valence-electron chi connectivity index (χ2n) is 7.54. The van der Waals surface area contributed by atoms with E-state index in [2.05, 4.69) is 15.1 Å². The summed E-state index contributed by atoms with van der Waals surface area (Å²) in [5, 5.41) is 5.97. The number of fused-ring (bicyclic) bond motifs is 1. The molecule has 1 aliphatic rings. The number of pyridine rings is 1. The number of halogens is 1. The largest absolute Gasteiger partial charge is 0.472 e. The van der Waals surface area contributed by atoms with E-state index in [0.29, 0.717) is 28.0 Å². The van der Waals surface area contributed by atoms with Crippen molar-refractivity contribution in [3.63, 3.8) is 0 Å². The molecule has 0 atom stereocenters. The topological polar surface area (TPSA) is 91.7 Å². The van der Waals surface area contributed by atoms with E-state index in [1.165, 1.54) is 0 Å². The number of rotatable bonds is 4. The molecule has 0 saturated heterocycles. The third-order valence-electron chi connectivity index (χ3n) is 5.36. The first kappa shape index (κ1) is 18.8. The van der Waals surface area contributed by atoms with Gasteiger partial charge < -0.3 is 10.5 Å². The van der Waals surface area contributed by atoms with Crippen LogP contribution in [0.2, 0.25) is 5.02 Å². The Morgan fingerprint density at radius 1 is 1.13 bits per heavy atom. The van der Waals surface area contributed by atoms with Crippen LogP contribution >= 0.6 is 11.6 Å². The van der Waals surface area contributed by atoms with Crippen LogP contribution < -0.4 is 10.5 Å². The number of nitrogens with two attached hydrogens (primary N) is 1. The fourth-order valence-corrected chi connectivity index (χ4v) is 4.17. The minimum atomic E-state index is 0.125. The lowest BCUT2D eigenvalue weighted by atomic mass is 10.0. The zero-order valence-electron chi connectivity index (χ0n) is 16.5. The monoisotopic (exact) mass is 420 g/mol. The van der Waals surface area contributed by atoms with Crippen molar-refractivity contribution in [2.24, 2.45) is 7.05 Å². The maximum Gasteiger partial charge on any atom is 0.258 e. The van der Waals surface area contributed by atoms with Gasteiger partial charge >= 0.3 is 0 Å². The highest BCUT2D eigenvalue weighted by atomic mass is 35.5. The Morgan fingerprint density at radius 2 is 1.97 bits per heavy atom. The number of nitrogens with zero attached hydrogens (tertiary/aromatic N) is 5. The molecular weight excluding hydrogens is 400 g/mol. The lowest BCUT2D eigenvalue weighted by Crippen LogP contribution is -2.14. The molecule has 2 N–H and O–H groups in total. The van der Waals surface area contributed by atoms with Crippen molar-refractivity contribution in [2.75, 3.05) is 5.73 Å². The number of hydrogen-bond donors (Lipinski definition) is 1. The Bertz CT molecular complexity index is 1230. The maximum atomic E-state index is 6.54. The predicted molar refractivity (Wildman–Crippen MR) is 117 cm³/mol. The second kappa shape index (κ2) is 7.57. The van der Waals surface area contributed by atoms with Crippen LogP contribution in [0.1, 0.15) is 25.7 Å². The van der Waals surface area contributed by atoms with Gasteiger partial charge in [-0.15, -0.1) is 0 Å². The van der Waals surface area contributed by atoms with Gasteiger partial charge in [0.15, 0.2) is 5.82 Å². The standard InChI is InChI=1S/C22H21ClN6O/c1-29-10-8-17(28-29)20-19(14-11-13-5-4-9-25-18(13)16(23)12-14)27-22(21(24)26-20)30-15-6-2-3-7-15/h4-5,8-12,15H,2-3,6-7H2,1H3,(H2,24,26). The zero-order valence-corrected chi connectivity index (χ0v) is 17.3. The van der Waals surface area contributed by atoms with Crippen LogP contribution in [-0.2, 0) is 7.05 Å². The number of hydrogen-bond acceptors (Lipinski definition) is 6. The third kappa shape index (κ3) is 3.45. The summed E-state index contributed by atoms with van der Waals surface area (Å²) in [6.07, 6.45) is 8.03. The van der Waals surface area contributed by atoms with Crippen LogP contribution in [0.15, 0.2) is 42.7 Å². The van der Waals surface area contributed by atoms with Crippen molar-refractivity contribution in [3.05, 3.63) is 47.7 Å². The van der Waals surface area contributed by atoms with Gasteiger partial charge in [-0.3, -0.25) is 9.67 Å². The quantitative estimate of drug-likeness (QED) is 0.516. The Balaban J connectivity index is 1.69. The van der Waals surface area contributed by atoms with Gasteiger partial charge in [0.25, 0.3) is 5.88 Å². The summed E-state index contributed by atoms with van der Waals surface area (Å²) in [5.74, 6) is 0.624. The Kier molecular flexibility index (Phi) is 4.75. The number of nitrogen functional groups attached to an aromatic ring is 1. The first-order valence-corrected chi connectivity index (χ1v) is 10.3. The maximum absolute atomic E-state index is 6.54. The van der Waals surface area contributed by atoms with Gasteiger partial charge in [-0.05, 0) is 49.9 Å². The van der Waals surface area contributed by atoms with Crippen LogP contribution in [0, 0.1) is 0 Å². The van der Waals surface area contributed by atoms with Crippen molar-refractivity contribution in [1.82, 2.24) is 24.7 Å². The van der Waals surface area contributed by atoms with Crippen LogP contribution in [-0.4, -0.2) is 30.8 Å². The lowest BCUT2D eigenvalue weighted by Gasteiger charge is -2.16. The molecule has 7 nitrogen and oxygen atoms in total. The molecule has 0 aliphatic heterocycles. The van der Waals surface area contributed by atoms with Gasteiger partial charge in [-0.25, -0.2) is 9.97 Å². The molecule has 3 aromatic heterocycles. The third-order valence-corrected chi connectivity index (χ3v) is 5.65. The summed E-state index contributed by atoms with van der Waals surface area (Å²) in [6, 6.07) is 9.59. The Morgan fingerprint density at radius 3 is 2.73 bits per heavy atom. The van der Waals surface area contributed by atoms with Crippen LogP contribution in [0.3, 0.4) is 0 Å². The van der Waals surface area contributed by atoms with Crippen molar-refractivity contribution in [3.8, 4) is 28.5 Å². The van der Waals surface area contributed by atoms with Crippen molar-refractivity contribution in [1.29, 1.82) is 0 Å². The Labute approximate surface area is 178 Å². The fourth-order valence-electron chi connectivity index (χ4n) is 3.89.